The van der Waals surface area contributed by atoms with Crippen LogP contribution in [0.15, 0.2) is 54.6 Å². The van der Waals surface area contributed by atoms with Gasteiger partial charge in [-0.2, -0.15) is 16.9 Å². The summed E-state index contributed by atoms with van der Waals surface area (Å²) in [5.41, 5.74) is 1.76. The van der Waals surface area contributed by atoms with Gasteiger partial charge in [-0.3, -0.25) is 9.67 Å². The van der Waals surface area contributed by atoms with Crippen LogP contribution in [-0.4, -0.2) is 20.5 Å². The van der Waals surface area contributed by atoms with E-state index in [1.165, 1.54) is 6.07 Å². The summed E-state index contributed by atoms with van der Waals surface area (Å²) >= 11 is 6.99. The zero-order valence-electron chi connectivity index (χ0n) is 12.4. The molecular formula is C17H16FN3S2. The van der Waals surface area contributed by atoms with Gasteiger partial charge in [-0.05, 0) is 23.8 Å². The summed E-state index contributed by atoms with van der Waals surface area (Å²) < 4.78 is 16.2. The van der Waals surface area contributed by atoms with E-state index in [1.54, 1.807) is 17.8 Å². The van der Waals surface area contributed by atoms with Gasteiger partial charge in [0.25, 0.3) is 0 Å². The van der Waals surface area contributed by atoms with E-state index >= 15 is 0 Å². The van der Waals surface area contributed by atoms with Gasteiger partial charge in [0, 0.05) is 23.6 Å². The Morgan fingerprint density at radius 1 is 1.09 bits per heavy atom. The number of H-pyrrole nitrogens is 1. The van der Waals surface area contributed by atoms with E-state index in [0.29, 0.717) is 10.5 Å². The molecule has 2 aromatic carbocycles. The molecule has 0 fully saturated rings. The fraction of sp³-hybridized carbons (Fsp3) is 0.176. The summed E-state index contributed by atoms with van der Waals surface area (Å²) in [5, 5.41) is 7.16. The number of aromatic nitrogens is 3. The molecule has 3 rings (SSSR count). The highest BCUT2D eigenvalue weighted by atomic mass is 32.2. The summed E-state index contributed by atoms with van der Waals surface area (Å²) in [4.78, 5) is 0. The second-order valence-corrected chi connectivity index (χ2v) is 6.51. The lowest BCUT2D eigenvalue weighted by atomic mass is 10.2. The minimum Gasteiger partial charge on any atom is -0.299 e. The highest BCUT2D eigenvalue weighted by molar-refractivity contribution is 7.98. The minimum atomic E-state index is -0.148. The maximum atomic E-state index is 13.6. The number of hydrogen-bond acceptors (Lipinski definition) is 3. The van der Waals surface area contributed by atoms with Crippen molar-refractivity contribution in [2.75, 3.05) is 5.75 Å². The van der Waals surface area contributed by atoms with E-state index in [1.807, 2.05) is 47.0 Å². The van der Waals surface area contributed by atoms with Crippen molar-refractivity contribution in [3.05, 3.63) is 70.7 Å². The Hall–Kier alpha value is -1.92. The van der Waals surface area contributed by atoms with Crippen LogP contribution in [0.3, 0.4) is 0 Å². The molecule has 3 nitrogen and oxygen atoms in total. The van der Waals surface area contributed by atoms with Gasteiger partial charge in [-0.25, -0.2) is 4.39 Å². The van der Waals surface area contributed by atoms with Crippen LogP contribution in [0.4, 0.5) is 4.39 Å². The van der Waals surface area contributed by atoms with Crippen molar-refractivity contribution in [1.82, 2.24) is 14.8 Å². The monoisotopic (exact) mass is 345 g/mol. The summed E-state index contributed by atoms with van der Waals surface area (Å²) in [6, 6.07) is 16.8. The lowest BCUT2D eigenvalue weighted by Crippen LogP contribution is -2.03. The number of rotatable bonds is 6. The zero-order chi connectivity index (χ0) is 16.1. The van der Waals surface area contributed by atoms with Gasteiger partial charge in [-0.15, -0.1) is 0 Å². The van der Waals surface area contributed by atoms with Gasteiger partial charge in [0.05, 0.1) is 0 Å². The number of benzene rings is 2. The van der Waals surface area contributed by atoms with E-state index in [2.05, 4.69) is 10.2 Å². The third-order valence-corrected chi connectivity index (χ3v) is 4.76. The third-order valence-electron chi connectivity index (χ3n) is 3.46. The van der Waals surface area contributed by atoms with Gasteiger partial charge in [-0.1, -0.05) is 48.5 Å². The van der Waals surface area contributed by atoms with Crippen LogP contribution in [-0.2, 0) is 12.3 Å². The molecule has 23 heavy (non-hydrogen) atoms. The van der Waals surface area contributed by atoms with Crippen molar-refractivity contribution < 1.29 is 4.39 Å². The molecule has 1 heterocycles. The Bertz CT molecular complexity index is 827. The van der Waals surface area contributed by atoms with Crippen LogP contribution >= 0.6 is 24.0 Å². The highest BCUT2D eigenvalue weighted by Gasteiger charge is 2.08. The van der Waals surface area contributed by atoms with Crippen LogP contribution in [0.1, 0.15) is 5.56 Å². The molecule has 0 spiro atoms. The number of aromatic amines is 1. The van der Waals surface area contributed by atoms with Crippen LogP contribution < -0.4 is 0 Å². The Morgan fingerprint density at radius 3 is 2.61 bits per heavy atom. The van der Waals surface area contributed by atoms with E-state index in [0.717, 1.165) is 29.2 Å². The van der Waals surface area contributed by atoms with E-state index in [4.69, 9.17) is 12.2 Å². The second kappa shape index (κ2) is 7.57. The van der Waals surface area contributed by atoms with Crippen LogP contribution in [0, 0.1) is 10.6 Å². The molecule has 0 unspecified atom stereocenters. The number of hydrogen-bond donors (Lipinski definition) is 1. The molecule has 1 aromatic heterocycles. The molecule has 3 aromatic rings. The maximum Gasteiger partial charge on any atom is 0.195 e. The van der Waals surface area contributed by atoms with Crippen molar-refractivity contribution in [2.45, 2.75) is 12.3 Å². The molecule has 0 saturated heterocycles. The summed E-state index contributed by atoms with van der Waals surface area (Å²) in [6.07, 6.45) is 0. The average molecular weight is 345 g/mol. The molecule has 0 amide bonds. The summed E-state index contributed by atoms with van der Waals surface area (Å²) in [5.74, 6) is 2.17. The molecule has 0 aliphatic rings. The predicted molar refractivity (Wildman–Crippen MR) is 95.4 cm³/mol. The van der Waals surface area contributed by atoms with Gasteiger partial charge in [0.2, 0.25) is 0 Å². The molecule has 0 saturated carbocycles. The van der Waals surface area contributed by atoms with Crippen molar-refractivity contribution in [3.8, 4) is 11.4 Å². The topological polar surface area (TPSA) is 33.6 Å². The normalized spacial score (nSPS) is 10.8. The first-order valence-electron chi connectivity index (χ1n) is 7.27. The van der Waals surface area contributed by atoms with Gasteiger partial charge in [0.1, 0.15) is 5.82 Å². The Morgan fingerprint density at radius 2 is 1.83 bits per heavy atom. The lowest BCUT2D eigenvalue weighted by Gasteiger charge is -2.07. The Kier molecular flexibility index (Phi) is 5.25. The largest absolute Gasteiger partial charge is 0.299 e. The standard InChI is InChI=1S/C17H16FN3S2/c18-15-9-5-4-8-14(15)12-23-11-10-21-16(19-20-17(21)22)13-6-2-1-3-7-13/h1-9H,10-12H2,(H,20,22). The maximum absolute atomic E-state index is 13.6. The molecule has 0 radical (unpaired) electrons. The molecule has 0 aliphatic carbocycles. The summed E-state index contributed by atoms with van der Waals surface area (Å²) in [7, 11) is 0. The van der Waals surface area contributed by atoms with Crippen molar-refractivity contribution in [3.63, 3.8) is 0 Å². The molecular weight excluding hydrogens is 329 g/mol. The van der Waals surface area contributed by atoms with Crippen LogP contribution in [0.25, 0.3) is 11.4 Å². The minimum absolute atomic E-state index is 0.148. The summed E-state index contributed by atoms with van der Waals surface area (Å²) in [6.45, 7) is 0.735. The third kappa shape index (κ3) is 3.89. The molecule has 118 valence electrons. The SMILES string of the molecule is Fc1ccccc1CSCCn1c(-c2ccccc2)n[nH]c1=S. The number of nitrogens with zero attached hydrogens (tertiary/aromatic N) is 2. The average Bonchev–Trinajstić information content (AvgIpc) is 2.95. The smallest absolute Gasteiger partial charge is 0.195 e. The first kappa shape index (κ1) is 16.0. The van der Waals surface area contributed by atoms with Crippen molar-refractivity contribution >= 4 is 24.0 Å². The number of nitrogens with one attached hydrogen (secondary N) is 1. The highest BCUT2D eigenvalue weighted by Crippen LogP contribution is 2.19. The van der Waals surface area contributed by atoms with Gasteiger partial charge in [0.15, 0.2) is 10.6 Å². The molecule has 0 aliphatic heterocycles. The number of halogens is 1. The lowest BCUT2D eigenvalue weighted by molar-refractivity contribution is 0.617. The molecule has 6 heteroatoms. The van der Waals surface area contributed by atoms with Crippen LogP contribution in [0.2, 0.25) is 0 Å². The predicted octanol–water partition coefficient (Wildman–Crippen LogP) is 4.68. The fourth-order valence-electron chi connectivity index (χ4n) is 2.29. The molecule has 0 atom stereocenters. The van der Waals surface area contributed by atoms with Crippen LogP contribution in [0.5, 0.6) is 0 Å². The number of thioether (sulfide) groups is 1. The Labute approximate surface area is 143 Å². The van der Waals surface area contributed by atoms with Gasteiger partial charge >= 0.3 is 0 Å². The molecule has 1 N–H and O–H groups in total. The fourth-order valence-corrected chi connectivity index (χ4v) is 3.42. The van der Waals surface area contributed by atoms with Crippen molar-refractivity contribution in [1.29, 1.82) is 0 Å². The van der Waals surface area contributed by atoms with E-state index < -0.39 is 0 Å². The first-order chi connectivity index (χ1) is 11.3. The quantitative estimate of drug-likeness (QED) is 0.520. The van der Waals surface area contributed by atoms with Gasteiger partial charge < -0.3 is 0 Å². The molecule has 0 bridgehead atoms. The van der Waals surface area contributed by atoms with E-state index in [-0.39, 0.29) is 5.82 Å². The Balaban J connectivity index is 1.64. The van der Waals surface area contributed by atoms with E-state index in [9.17, 15) is 4.39 Å². The van der Waals surface area contributed by atoms with Crippen molar-refractivity contribution in [2.24, 2.45) is 0 Å². The second-order valence-electron chi connectivity index (χ2n) is 5.01. The zero-order valence-corrected chi connectivity index (χ0v) is 14.0. The first-order valence-corrected chi connectivity index (χ1v) is 8.84.